The second kappa shape index (κ2) is 8.60. The highest BCUT2D eigenvalue weighted by Crippen LogP contribution is 2.38. The van der Waals surface area contributed by atoms with Crippen LogP contribution in [0.4, 0.5) is 21.6 Å². The van der Waals surface area contributed by atoms with Crippen molar-refractivity contribution in [1.29, 1.82) is 0 Å². The van der Waals surface area contributed by atoms with Crippen molar-refractivity contribution >= 4 is 49.4 Å². The van der Waals surface area contributed by atoms with E-state index in [9.17, 15) is 8.60 Å². The zero-order valence-electron chi connectivity index (χ0n) is 18.1. The molecule has 0 radical (unpaired) electrons. The molecule has 11 heteroatoms. The van der Waals surface area contributed by atoms with Crippen LogP contribution in [0.3, 0.4) is 0 Å². The molecular weight excluding hydrogens is 483 g/mol. The lowest BCUT2D eigenvalue weighted by molar-refractivity contribution is 0.0310. The molecule has 34 heavy (non-hydrogen) atoms. The Kier molecular flexibility index (Phi) is 5.56. The third-order valence-electron chi connectivity index (χ3n) is 6.27. The van der Waals surface area contributed by atoms with Gasteiger partial charge in [0.2, 0.25) is 0 Å². The number of anilines is 2. The molecule has 3 atom stereocenters. The molecule has 0 aliphatic carbocycles. The first kappa shape index (κ1) is 22.0. The first-order chi connectivity index (χ1) is 16.5. The molecule has 3 saturated heterocycles. The van der Waals surface area contributed by atoms with E-state index in [-0.39, 0.29) is 18.3 Å². The maximum atomic E-state index is 14.1. The van der Waals surface area contributed by atoms with Crippen molar-refractivity contribution in [3.05, 3.63) is 47.5 Å². The SMILES string of the molecule is O=S1(=Nc2cc(Cl)c3c(Nc4ccc(F)cc4O[C@@H]4COC5CCOC54)ncnc3c2)CCC1. The van der Waals surface area contributed by atoms with Crippen molar-refractivity contribution in [1.82, 2.24) is 9.97 Å². The van der Waals surface area contributed by atoms with Crippen LogP contribution in [0.5, 0.6) is 5.75 Å². The summed E-state index contributed by atoms with van der Waals surface area (Å²) in [6.07, 6.45) is 2.65. The predicted molar refractivity (Wildman–Crippen MR) is 127 cm³/mol. The maximum Gasteiger partial charge on any atom is 0.151 e. The van der Waals surface area contributed by atoms with E-state index in [0.29, 0.717) is 63.6 Å². The second-order valence-electron chi connectivity index (χ2n) is 8.59. The molecule has 0 amide bonds. The van der Waals surface area contributed by atoms with Gasteiger partial charge in [-0.15, -0.1) is 0 Å². The normalized spacial score (nSPS) is 25.1. The van der Waals surface area contributed by atoms with E-state index in [1.807, 2.05) is 0 Å². The molecule has 178 valence electrons. The van der Waals surface area contributed by atoms with Crippen LogP contribution in [0.25, 0.3) is 10.9 Å². The van der Waals surface area contributed by atoms with Crippen LogP contribution in [0.1, 0.15) is 12.8 Å². The van der Waals surface area contributed by atoms with Crippen LogP contribution in [0.15, 0.2) is 41.0 Å². The van der Waals surface area contributed by atoms with Crippen LogP contribution in [0.2, 0.25) is 5.02 Å². The molecule has 6 rings (SSSR count). The monoisotopic (exact) mass is 504 g/mol. The Bertz CT molecular complexity index is 1390. The quantitative estimate of drug-likeness (QED) is 0.542. The molecule has 3 aliphatic heterocycles. The fourth-order valence-corrected chi connectivity index (χ4v) is 6.22. The summed E-state index contributed by atoms with van der Waals surface area (Å²) in [4.78, 5) is 8.67. The number of halogens is 2. The Balaban J connectivity index is 1.33. The van der Waals surface area contributed by atoms with Gasteiger partial charge < -0.3 is 19.5 Å². The van der Waals surface area contributed by atoms with E-state index >= 15 is 0 Å². The van der Waals surface area contributed by atoms with E-state index in [4.69, 9.17) is 25.8 Å². The summed E-state index contributed by atoms with van der Waals surface area (Å²) in [5, 5.41) is 4.16. The molecule has 8 nitrogen and oxygen atoms in total. The lowest BCUT2D eigenvalue weighted by atomic mass is 10.1. The highest BCUT2D eigenvalue weighted by Gasteiger charge is 2.43. The first-order valence-corrected chi connectivity index (χ1v) is 13.3. The van der Waals surface area contributed by atoms with E-state index in [1.165, 1.54) is 18.5 Å². The number of hydrogen-bond donors (Lipinski definition) is 1. The smallest absolute Gasteiger partial charge is 0.151 e. The molecule has 1 aromatic heterocycles. The number of nitrogens with zero attached hydrogens (tertiary/aromatic N) is 3. The van der Waals surface area contributed by atoms with Gasteiger partial charge >= 0.3 is 0 Å². The topological polar surface area (TPSA) is 94.9 Å². The van der Waals surface area contributed by atoms with E-state index in [2.05, 4.69) is 19.6 Å². The van der Waals surface area contributed by atoms with Crippen molar-refractivity contribution in [2.24, 2.45) is 4.36 Å². The van der Waals surface area contributed by atoms with Gasteiger partial charge in [0, 0.05) is 24.2 Å². The molecule has 2 aromatic carbocycles. The van der Waals surface area contributed by atoms with Crippen molar-refractivity contribution in [3.63, 3.8) is 0 Å². The zero-order valence-corrected chi connectivity index (χ0v) is 19.7. The summed E-state index contributed by atoms with van der Waals surface area (Å²) in [6, 6.07) is 7.65. The standard InChI is InChI=1S/C23H22ClFN4O4S/c24-15-9-14(29-34(30)6-1-7-34)10-17-21(15)23(27-12-26-17)28-16-3-2-13(25)8-19(16)33-20-11-32-18-4-5-31-22(18)20/h2-3,8-10,12,18,20,22H,1,4-7,11H2,(H,26,27,28)/t18?,20-,22?/m1/s1. The number of aromatic nitrogens is 2. The van der Waals surface area contributed by atoms with E-state index in [0.717, 1.165) is 12.8 Å². The lowest BCUT2D eigenvalue weighted by Crippen LogP contribution is -2.32. The molecule has 3 fully saturated rings. The fourth-order valence-electron chi connectivity index (χ4n) is 4.47. The summed E-state index contributed by atoms with van der Waals surface area (Å²) in [5.41, 5.74) is 1.61. The van der Waals surface area contributed by atoms with Crippen LogP contribution in [-0.4, -0.2) is 57.2 Å². The molecule has 1 N–H and O–H groups in total. The second-order valence-corrected chi connectivity index (χ2v) is 11.5. The van der Waals surface area contributed by atoms with Crippen molar-refractivity contribution in [3.8, 4) is 5.75 Å². The van der Waals surface area contributed by atoms with Crippen LogP contribution >= 0.6 is 11.6 Å². The Morgan fingerprint density at radius 2 is 2.09 bits per heavy atom. The Morgan fingerprint density at radius 1 is 1.21 bits per heavy atom. The third-order valence-corrected chi connectivity index (χ3v) is 8.96. The number of benzene rings is 2. The number of fused-ring (bicyclic) bond motifs is 2. The van der Waals surface area contributed by atoms with Gasteiger partial charge in [-0.05, 0) is 37.1 Å². The molecular formula is C23H22ClFN4O4S. The Morgan fingerprint density at radius 3 is 2.91 bits per heavy atom. The average molecular weight is 505 g/mol. The molecule has 0 saturated carbocycles. The molecule has 4 heterocycles. The van der Waals surface area contributed by atoms with Crippen molar-refractivity contribution in [2.45, 2.75) is 31.2 Å². The van der Waals surface area contributed by atoms with Crippen LogP contribution < -0.4 is 10.1 Å². The van der Waals surface area contributed by atoms with E-state index in [1.54, 1.807) is 18.2 Å². The molecule has 2 unspecified atom stereocenters. The highest BCUT2D eigenvalue weighted by atomic mass is 35.5. The van der Waals surface area contributed by atoms with E-state index < -0.39 is 15.5 Å². The summed E-state index contributed by atoms with van der Waals surface area (Å²) in [5.74, 6) is 1.53. The number of hydrogen-bond acceptors (Lipinski definition) is 8. The fraction of sp³-hybridized carbons (Fsp3) is 0.391. The highest BCUT2D eigenvalue weighted by molar-refractivity contribution is 7.95. The molecule has 0 bridgehead atoms. The minimum absolute atomic E-state index is 0.00854. The van der Waals surface area contributed by atoms with Crippen molar-refractivity contribution < 1.29 is 22.8 Å². The largest absolute Gasteiger partial charge is 0.483 e. The van der Waals surface area contributed by atoms with Crippen LogP contribution in [0, 0.1) is 5.82 Å². The van der Waals surface area contributed by atoms with Gasteiger partial charge in [-0.1, -0.05) is 11.6 Å². The van der Waals surface area contributed by atoms with Gasteiger partial charge in [-0.3, -0.25) is 0 Å². The van der Waals surface area contributed by atoms with Gasteiger partial charge in [0.1, 0.15) is 29.8 Å². The van der Waals surface area contributed by atoms with Gasteiger partial charge in [0.25, 0.3) is 0 Å². The average Bonchev–Trinajstić information content (AvgIpc) is 3.39. The third kappa shape index (κ3) is 4.08. The number of nitrogens with one attached hydrogen (secondary N) is 1. The molecule has 0 spiro atoms. The summed E-state index contributed by atoms with van der Waals surface area (Å²) in [6.45, 7) is 1.00. The minimum atomic E-state index is -2.18. The van der Waals surface area contributed by atoms with Gasteiger partial charge in [-0.2, -0.15) is 4.36 Å². The Labute approximate surface area is 201 Å². The Hall–Kier alpha value is -2.53. The summed E-state index contributed by atoms with van der Waals surface area (Å²) >= 11 is 6.59. The van der Waals surface area contributed by atoms with Crippen LogP contribution in [-0.2, 0) is 19.2 Å². The lowest BCUT2D eigenvalue weighted by Gasteiger charge is -2.21. The summed E-state index contributed by atoms with van der Waals surface area (Å²) < 4.78 is 48.7. The number of ether oxygens (including phenoxy) is 3. The molecule has 3 aliphatic rings. The molecule has 3 aromatic rings. The van der Waals surface area contributed by atoms with Gasteiger partial charge in [-0.25, -0.2) is 18.6 Å². The zero-order chi connectivity index (χ0) is 23.3. The minimum Gasteiger partial charge on any atom is -0.483 e. The van der Waals surface area contributed by atoms with Gasteiger partial charge in [0.15, 0.2) is 6.10 Å². The van der Waals surface area contributed by atoms with Crippen molar-refractivity contribution in [2.75, 3.05) is 30.0 Å². The number of rotatable bonds is 5. The maximum absolute atomic E-state index is 14.1. The first-order valence-electron chi connectivity index (χ1n) is 11.1. The predicted octanol–water partition coefficient (Wildman–Crippen LogP) is 4.60. The van der Waals surface area contributed by atoms with Gasteiger partial charge in [0.05, 0.1) is 49.7 Å². The summed E-state index contributed by atoms with van der Waals surface area (Å²) in [7, 11) is -2.18.